The van der Waals surface area contributed by atoms with Crippen LogP contribution in [-0.4, -0.2) is 36.3 Å². The molecule has 1 aromatic carbocycles. The molecule has 0 unspecified atom stereocenters. The van der Waals surface area contributed by atoms with Crippen LogP contribution in [0.1, 0.15) is 31.2 Å². The number of hydrogen-bond donors (Lipinski definition) is 0. The number of para-hydroxylation sites is 1. The lowest BCUT2D eigenvalue weighted by Crippen LogP contribution is -2.41. The first-order valence-corrected chi connectivity index (χ1v) is 8.16. The minimum absolute atomic E-state index is 0.0121. The van der Waals surface area contributed by atoms with E-state index in [9.17, 15) is 9.59 Å². The van der Waals surface area contributed by atoms with Gasteiger partial charge in [0.15, 0.2) is 0 Å². The normalized spacial score (nSPS) is 22.5. The summed E-state index contributed by atoms with van der Waals surface area (Å²) >= 11 is 0. The summed E-state index contributed by atoms with van der Waals surface area (Å²) in [5.41, 5.74) is 2.43. The minimum Gasteiger partial charge on any atom is -0.339 e. The van der Waals surface area contributed by atoms with Gasteiger partial charge in [0.1, 0.15) is 0 Å². The van der Waals surface area contributed by atoms with Crippen LogP contribution in [0.3, 0.4) is 0 Å². The van der Waals surface area contributed by atoms with Gasteiger partial charge in [0.2, 0.25) is 5.91 Å². The van der Waals surface area contributed by atoms with E-state index in [1.54, 1.807) is 11.0 Å². The Morgan fingerprint density at radius 2 is 1.95 bits per heavy atom. The molecule has 2 heterocycles. The topological polar surface area (TPSA) is 40.6 Å². The fourth-order valence-corrected chi connectivity index (χ4v) is 3.31. The second-order valence-corrected chi connectivity index (χ2v) is 6.47. The lowest BCUT2D eigenvalue weighted by Gasteiger charge is -2.30. The second-order valence-electron chi connectivity index (χ2n) is 6.47. The van der Waals surface area contributed by atoms with Crippen LogP contribution in [-0.2, 0) is 9.59 Å². The Morgan fingerprint density at radius 3 is 2.59 bits per heavy atom. The number of amides is 2. The molecule has 3 aliphatic rings. The van der Waals surface area contributed by atoms with Crippen molar-refractivity contribution in [2.45, 2.75) is 25.7 Å². The van der Waals surface area contributed by atoms with Gasteiger partial charge in [-0.15, -0.1) is 0 Å². The van der Waals surface area contributed by atoms with Crippen LogP contribution in [0, 0.1) is 5.92 Å². The zero-order valence-corrected chi connectivity index (χ0v) is 12.6. The Hall–Kier alpha value is -2.10. The van der Waals surface area contributed by atoms with Crippen molar-refractivity contribution < 1.29 is 9.59 Å². The molecule has 4 rings (SSSR count). The maximum Gasteiger partial charge on any atom is 0.259 e. The lowest BCUT2D eigenvalue weighted by atomic mass is 9.85. The number of likely N-dealkylation sites (tertiary alicyclic amines) is 1. The Bertz CT molecular complexity index is 657. The van der Waals surface area contributed by atoms with Crippen LogP contribution in [0.15, 0.2) is 30.3 Å². The van der Waals surface area contributed by atoms with Crippen LogP contribution in [0.4, 0.5) is 5.69 Å². The first-order valence-electron chi connectivity index (χ1n) is 8.16. The highest BCUT2D eigenvalue weighted by Gasteiger charge is 2.35. The summed E-state index contributed by atoms with van der Waals surface area (Å²) in [6.07, 6.45) is 6.29. The van der Waals surface area contributed by atoms with Crippen LogP contribution in [0.5, 0.6) is 0 Å². The van der Waals surface area contributed by atoms with E-state index >= 15 is 0 Å². The molecule has 0 N–H and O–H groups in total. The molecule has 1 aliphatic carbocycles. The van der Waals surface area contributed by atoms with E-state index < -0.39 is 0 Å². The fraction of sp³-hybridized carbons (Fsp3) is 0.444. The SMILES string of the molecule is O=C(/C=C1/C(=O)N(CC2CCC2)c2ccccc21)N1CCC1. The molecule has 4 heteroatoms. The molecule has 4 nitrogen and oxygen atoms in total. The quantitative estimate of drug-likeness (QED) is 0.804. The number of carbonyl (C=O) groups excluding carboxylic acids is 2. The molecule has 1 saturated heterocycles. The number of fused-ring (bicyclic) bond motifs is 1. The summed E-state index contributed by atoms with van der Waals surface area (Å²) in [6.45, 7) is 2.40. The van der Waals surface area contributed by atoms with Crippen molar-refractivity contribution in [2.75, 3.05) is 24.5 Å². The Labute approximate surface area is 130 Å². The molecule has 0 atom stereocenters. The van der Waals surface area contributed by atoms with Gasteiger partial charge in [0.25, 0.3) is 5.91 Å². The van der Waals surface area contributed by atoms with Crippen molar-refractivity contribution >= 4 is 23.1 Å². The number of rotatable bonds is 3. The number of hydrogen-bond acceptors (Lipinski definition) is 2. The lowest BCUT2D eigenvalue weighted by molar-refractivity contribution is -0.129. The van der Waals surface area contributed by atoms with Crippen molar-refractivity contribution in [3.63, 3.8) is 0 Å². The highest BCUT2D eigenvalue weighted by atomic mass is 16.2. The summed E-state index contributed by atoms with van der Waals surface area (Å²) in [6, 6.07) is 7.82. The highest BCUT2D eigenvalue weighted by Crippen LogP contribution is 2.39. The number of anilines is 1. The van der Waals surface area contributed by atoms with Gasteiger partial charge in [-0.2, -0.15) is 0 Å². The van der Waals surface area contributed by atoms with Crippen LogP contribution < -0.4 is 4.90 Å². The van der Waals surface area contributed by atoms with Gasteiger partial charge in [-0.05, 0) is 31.2 Å². The average Bonchev–Trinajstić information content (AvgIpc) is 2.66. The van der Waals surface area contributed by atoms with E-state index in [2.05, 4.69) is 0 Å². The first kappa shape index (κ1) is 13.6. The molecule has 1 saturated carbocycles. The van der Waals surface area contributed by atoms with Gasteiger partial charge in [-0.3, -0.25) is 9.59 Å². The standard InChI is InChI=1S/C18H20N2O2/c21-17(19-9-4-10-19)11-15-14-7-1-2-8-16(14)20(18(15)22)12-13-5-3-6-13/h1-2,7-8,11,13H,3-6,9-10,12H2/b15-11+. The van der Waals surface area contributed by atoms with E-state index in [-0.39, 0.29) is 11.8 Å². The van der Waals surface area contributed by atoms with Gasteiger partial charge in [0, 0.05) is 31.3 Å². The number of nitrogens with zero attached hydrogens (tertiary/aromatic N) is 2. The molecule has 2 amide bonds. The Kier molecular flexibility index (Phi) is 3.25. The van der Waals surface area contributed by atoms with Crippen molar-refractivity contribution in [3.05, 3.63) is 35.9 Å². The van der Waals surface area contributed by atoms with Crippen molar-refractivity contribution in [1.29, 1.82) is 0 Å². The van der Waals surface area contributed by atoms with Crippen molar-refractivity contribution in [3.8, 4) is 0 Å². The van der Waals surface area contributed by atoms with Crippen LogP contribution in [0.25, 0.3) is 5.57 Å². The third kappa shape index (κ3) is 2.14. The molecular weight excluding hydrogens is 276 g/mol. The van der Waals surface area contributed by atoms with E-state index in [4.69, 9.17) is 0 Å². The first-order chi connectivity index (χ1) is 10.7. The van der Waals surface area contributed by atoms with E-state index in [1.165, 1.54) is 19.3 Å². The largest absolute Gasteiger partial charge is 0.339 e. The molecule has 22 heavy (non-hydrogen) atoms. The second kappa shape index (κ2) is 5.27. The van der Waals surface area contributed by atoms with Gasteiger partial charge in [-0.25, -0.2) is 0 Å². The zero-order chi connectivity index (χ0) is 15.1. The van der Waals surface area contributed by atoms with Crippen molar-refractivity contribution in [1.82, 2.24) is 4.90 Å². The van der Waals surface area contributed by atoms with Crippen LogP contribution in [0.2, 0.25) is 0 Å². The highest BCUT2D eigenvalue weighted by molar-refractivity contribution is 6.34. The molecule has 2 aliphatic heterocycles. The van der Waals surface area contributed by atoms with E-state index in [1.807, 2.05) is 29.2 Å². The molecule has 1 aromatic rings. The average molecular weight is 296 g/mol. The van der Waals surface area contributed by atoms with Gasteiger partial charge in [0.05, 0.1) is 11.3 Å². The van der Waals surface area contributed by atoms with E-state index in [0.29, 0.717) is 11.5 Å². The predicted molar refractivity (Wildman–Crippen MR) is 85.3 cm³/mol. The summed E-state index contributed by atoms with van der Waals surface area (Å²) in [5.74, 6) is 0.569. The van der Waals surface area contributed by atoms with Gasteiger partial charge in [-0.1, -0.05) is 24.6 Å². The fourth-order valence-electron chi connectivity index (χ4n) is 3.31. The van der Waals surface area contributed by atoms with Crippen LogP contribution >= 0.6 is 0 Å². The van der Waals surface area contributed by atoms with Crippen molar-refractivity contribution in [2.24, 2.45) is 5.92 Å². The molecule has 0 radical (unpaired) electrons. The third-order valence-electron chi connectivity index (χ3n) is 5.06. The minimum atomic E-state index is -0.0325. The summed E-state index contributed by atoms with van der Waals surface area (Å²) in [7, 11) is 0. The molecule has 0 bridgehead atoms. The Morgan fingerprint density at radius 1 is 1.18 bits per heavy atom. The molecule has 0 aromatic heterocycles. The number of benzene rings is 1. The van der Waals surface area contributed by atoms with Gasteiger partial charge < -0.3 is 9.80 Å². The Balaban J connectivity index is 1.65. The summed E-state index contributed by atoms with van der Waals surface area (Å²) < 4.78 is 0. The molecule has 0 spiro atoms. The molecule has 114 valence electrons. The monoisotopic (exact) mass is 296 g/mol. The molecular formula is C18H20N2O2. The number of carbonyl (C=O) groups is 2. The maximum atomic E-state index is 12.8. The van der Waals surface area contributed by atoms with E-state index in [0.717, 1.165) is 37.3 Å². The van der Waals surface area contributed by atoms with Gasteiger partial charge >= 0.3 is 0 Å². The smallest absolute Gasteiger partial charge is 0.259 e. The summed E-state index contributed by atoms with van der Waals surface area (Å²) in [4.78, 5) is 28.7. The zero-order valence-electron chi connectivity index (χ0n) is 12.6. The third-order valence-corrected chi connectivity index (χ3v) is 5.06. The maximum absolute atomic E-state index is 12.8. The predicted octanol–water partition coefficient (Wildman–Crippen LogP) is 2.45. The summed E-state index contributed by atoms with van der Waals surface area (Å²) in [5, 5.41) is 0. The molecule has 2 fully saturated rings.